The van der Waals surface area contributed by atoms with Crippen LogP contribution in [0.25, 0.3) is 0 Å². The molecule has 6 heteroatoms. The van der Waals surface area contributed by atoms with Crippen molar-refractivity contribution in [2.75, 3.05) is 6.54 Å². The molecule has 0 amide bonds. The molecule has 0 spiro atoms. The summed E-state index contributed by atoms with van der Waals surface area (Å²) in [5.41, 5.74) is 5.50. The maximum Gasteiger partial charge on any atom is 0.246 e. The molecule has 0 aliphatic carbocycles. The number of sulfonamides is 1. The van der Waals surface area contributed by atoms with Crippen molar-refractivity contribution in [1.82, 2.24) is 4.31 Å². The van der Waals surface area contributed by atoms with Crippen LogP contribution in [-0.2, 0) is 16.6 Å². The summed E-state index contributed by atoms with van der Waals surface area (Å²) in [7, 11) is -3.47. The van der Waals surface area contributed by atoms with Gasteiger partial charge in [-0.15, -0.1) is 0 Å². The average Bonchev–Trinajstić information content (AvgIpc) is 2.70. The van der Waals surface area contributed by atoms with Crippen LogP contribution in [0.15, 0.2) is 15.4 Å². The number of furan rings is 1. The second-order valence-corrected chi connectivity index (χ2v) is 7.29. The van der Waals surface area contributed by atoms with Gasteiger partial charge in [-0.25, -0.2) is 8.42 Å². The summed E-state index contributed by atoms with van der Waals surface area (Å²) in [4.78, 5) is 0.259. The SMILES string of the molecule is Cc1oc(CN)cc1S(=O)(=O)N1CCC(C)CC1C. The lowest BCUT2D eigenvalue weighted by Gasteiger charge is -2.35. The molecule has 1 aliphatic heterocycles. The van der Waals surface area contributed by atoms with E-state index in [0.29, 0.717) is 24.0 Å². The van der Waals surface area contributed by atoms with Gasteiger partial charge in [-0.2, -0.15) is 4.31 Å². The Morgan fingerprint density at radius 2 is 2.16 bits per heavy atom. The van der Waals surface area contributed by atoms with Crippen LogP contribution in [0, 0.1) is 12.8 Å². The fourth-order valence-electron chi connectivity index (χ4n) is 2.75. The first-order valence-electron chi connectivity index (χ1n) is 6.67. The minimum Gasteiger partial charge on any atom is -0.464 e. The van der Waals surface area contributed by atoms with Crippen LogP contribution in [0.1, 0.15) is 38.2 Å². The quantitative estimate of drug-likeness (QED) is 0.920. The van der Waals surface area contributed by atoms with E-state index in [1.165, 1.54) is 0 Å². The number of rotatable bonds is 3. The summed E-state index contributed by atoms with van der Waals surface area (Å²) < 4.78 is 32.3. The Balaban J connectivity index is 2.34. The van der Waals surface area contributed by atoms with Gasteiger partial charge in [0.25, 0.3) is 0 Å². The van der Waals surface area contributed by atoms with Gasteiger partial charge in [-0.05, 0) is 32.6 Å². The lowest BCUT2D eigenvalue weighted by atomic mass is 9.95. The predicted octanol–water partition coefficient (Wildman–Crippen LogP) is 1.86. The molecule has 1 fully saturated rings. The van der Waals surface area contributed by atoms with Gasteiger partial charge in [0.1, 0.15) is 16.4 Å². The molecule has 2 N–H and O–H groups in total. The summed E-state index contributed by atoms with van der Waals surface area (Å²) in [5.74, 6) is 1.51. The van der Waals surface area contributed by atoms with Gasteiger partial charge in [0.2, 0.25) is 10.0 Å². The summed E-state index contributed by atoms with van der Waals surface area (Å²) in [6, 6.07) is 1.58. The van der Waals surface area contributed by atoms with Crippen molar-refractivity contribution in [2.24, 2.45) is 11.7 Å². The Bertz CT molecular complexity index is 550. The highest BCUT2D eigenvalue weighted by Gasteiger charge is 2.35. The third kappa shape index (κ3) is 2.70. The Kier molecular flexibility index (Phi) is 4.03. The van der Waals surface area contributed by atoms with Gasteiger partial charge >= 0.3 is 0 Å². The lowest BCUT2D eigenvalue weighted by molar-refractivity contribution is 0.220. The average molecular weight is 286 g/mol. The molecule has 1 aliphatic rings. The molecule has 2 atom stereocenters. The van der Waals surface area contributed by atoms with Crippen LogP contribution < -0.4 is 5.73 Å². The van der Waals surface area contributed by atoms with Gasteiger partial charge in [-0.3, -0.25) is 0 Å². The molecule has 5 nitrogen and oxygen atoms in total. The van der Waals surface area contributed by atoms with E-state index in [-0.39, 0.29) is 17.5 Å². The van der Waals surface area contributed by atoms with Crippen molar-refractivity contribution < 1.29 is 12.8 Å². The molecular formula is C13H22N2O3S. The lowest BCUT2D eigenvalue weighted by Crippen LogP contribution is -2.44. The van der Waals surface area contributed by atoms with Crippen LogP contribution in [0.3, 0.4) is 0 Å². The zero-order valence-electron chi connectivity index (χ0n) is 11.7. The van der Waals surface area contributed by atoms with Crippen LogP contribution in [0.5, 0.6) is 0 Å². The molecule has 2 unspecified atom stereocenters. The van der Waals surface area contributed by atoms with Crippen molar-refractivity contribution >= 4 is 10.0 Å². The summed E-state index contributed by atoms with van der Waals surface area (Å²) >= 11 is 0. The van der Waals surface area contributed by atoms with Crippen LogP contribution in [-0.4, -0.2) is 25.3 Å². The number of piperidine rings is 1. The Morgan fingerprint density at radius 1 is 1.47 bits per heavy atom. The molecule has 1 aromatic heterocycles. The van der Waals surface area contributed by atoms with E-state index in [1.807, 2.05) is 6.92 Å². The highest BCUT2D eigenvalue weighted by atomic mass is 32.2. The largest absolute Gasteiger partial charge is 0.464 e. The second-order valence-electron chi connectivity index (χ2n) is 5.43. The van der Waals surface area contributed by atoms with E-state index < -0.39 is 10.0 Å². The predicted molar refractivity (Wildman–Crippen MR) is 73.1 cm³/mol. The molecule has 0 bridgehead atoms. The van der Waals surface area contributed by atoms with Gasteiger partial charge < -0.3 is 10.2 Å². The third-order valence-corrected chi connectivity index (χ3v) is 5.91. The highest BCUT2D eigenvalue weighted by Crippen LogP contribution is 2.30. The molecular weight excluding hydrogens is 264 g/mol. The van der Waals surface area contributed by atoms with E-state index in [2.05, 4.69) is 6.92 Å². The Morgan fingerprint density at radius 3 is 2.68 bits per heavy atom. The van der Waals surface area contributed by atoms with Crippen LogP contribution in [0.4, 0.5) is 0 Å². The zero-order chi connectivity index (χ0) is 14.2. The van der Waals surface area contributed by atoms with E-state index in [0.717, 1.165) is 12.8 Å². The molecule has 0 aromatic carbocycles. The number of nitrogens with zero attached hydrogens (tertiary/aromatic N) is 1. The van der Waals surface area contributed by atoms with Gasteiger partial charge in [-0.1, -0.05) is 6.92 Å². The van der Waals surface area contributed by atoms with E-state index in [9.17, 15) is 8.42 Å². The maximum atomic E-state index is 12.7. The van der Waals surface area contributed by atoms with Gasteiger partial charge in [0.05, 0.1) is 6.54 Å². The minimum atomic E-state index is -3.47. The molecule has 0 radical (unpaired) electrons. The van der Waals surface area contributed by atoms with Crippen molar-refractivity contribution in [3.8, 4) is 0 Å². The zero-order valence-corrected chi connectivity index (χ0v) is 12.5. The summed E-state index contributed by atoms with van der Waals surface area (Å²) in [6.07, 6.45) is 1.81. The van der Waals surface area contributed by atoms with Crippen molar-refractivity contribution in [3.63, 3.8) is 0 Å². The third-order valence-electron chi connectivity index (χ3n) is 3.79. The maximum absolute atomic E-state index is 12.7. The minimum absolute atomic E-state index is 0.0318. The number of hydrogen-bond donors (Lipinski definition) is 1. The molecule has 2 rings (SSSR count). The van der Waals surface area contributed by atoms with Crippen molar-refractivity contribution in [1.29, 1.82) is 0 Å². The second kappa shape index (κ2) is 5.26. The number of hydrogen-bond acceptors (Lipinski definition) is 4. The van der Waals surface area contributed by atoms with E-state index in [1.54, 1.807) is 17.3 Å². The van der Waals surface area contributed by atoms with Crippen LogP contribution in [0.2, 0.25) is 0 Å². The normalized spacial score (nSPS) is 25.7. The fraction of sp³-hybridized carbons (Fsp3) is 0.692. The number of aryl methyl sites for hydroxylation is 1. The highest BCUT2D eigenvalue weighted by molar-refractivity contribution is 7.89. The van der Waals surface area contributed by atoms with Gasteiger partial charge in [0, 0.05) is 18.7 Å². The number of nitrogens with two attached hydrogens (primary N) is 1. The fourth-order valence-corrected chi connectivity index (χ4v) is 4.59. The van der Waals surface area contributed by atoms with E-state index in [4.69, 9.17) is 10.2 Å². The van der Waals surface area contributed by atoms with Crippen molar-refractivity contribution in [2.45, 2.75) is 51.1 Å². The smallest absolute Gasteiger partial charge is 0.246 e. The molecule has 1 aromatic rings. The van der Waals surface area contributed by atoms with Crippen molar-refractivity contribution in [3.05, 3.63) is 17.6 Å². The Labute approximate surface area is 114 Å². The molecule has 19 heavy (non-hydrogen) atoms. The topological polar surface area (TPSA) is 76.5 Å². The summed E-state index contributed by atoms with van der Waals surface area (Å²) in [6.45, 7) is 6.59. The first kappa shape index (κ1) is 14.6. The molecule has 2 heterocycles. The molecule has 108 valence electrons. The molecule has 0 saturated carbocycles. The Hall–Kier alpha value is -0.850. The van der Waals surface area contributed by atoms with Crippen LogP contribution >= 0.6 is 0 Å². The summed E-state index contributed by atoms with van der Waals surface area (Å²) in [5, 5.41) is 0. The first-order valence-corrected chi connectivity index (χ1v) is 8.11. The van der Waals surface area contributed by atoms with E-state index >= 15 is 0 Å². The first-order chi connectivity index (χ1) is 8.86. The standard InChI is InChI=1S/C13H22N2O3S/c1-9-4-5-15(10(2)6-9)19(16,17)13-7-12(8-14)18-11(13)3/h7,9-10H,4-6,8,14H2,1-3H3. The molecule has 1 saturated heterocycles. The van der Waals surface area contributed by atoms with Gasteiger partial charge in [0.15, 0.2) is 0 Å². The monoisotopic (exact) mass is 286 g/mol.